The van der Waals surface area contributed by atoms with E-state index in [0.29, 0.717) is 0 Å². The Morgan fingerprint density at radius 1 is 0.412 bits per heavy atom. The molecule has 0 aliphatic carbocycles. The van der Waals surface area contributed by atoms with Gasteiger partial charge in [-0.2, -0.15) is 0 Å². The first-order valence-electron chi connectivity index (χ1n) is 18.9. The van der Waals surface area contributed by atoms with Crippen molar-refractivity contribution < 1.29 is 5.48 Å². The summed E-state index contributed by atoms with van der Waals surface area (Å²) in [5.74, 6) is 0. The van der Waals surface area contributed by atoms with Gasteiger partial charge in [0.05, 0.1) is 55.9 Å². The van der Waals surface area contributed by atoms with Crippen molar-refractivity contribution in [3.8, 4) is 0 Å². The third-order valence-corrected chi connectivity index (χ3v) is 10.8. The third-order valence-electron chi connectivity index (χ3n) is 10.8. The second-order valence-corrected chi connectivity index (χ2v) is 13.3. The number of aromatic amines is 2. The Labute approximate surface area is 301 Å². The van der Waals surface area contributed by atoms with Gasteiger partial charge in [-0.25, -0.2) is 19.9 Å². The predicted octanol–water partition coefficient (Wildman–Crippen LogP) is 10.9. The number of aromatic nitrogens is 6. The van der Waals surface area contributed by atoms with E-state index in [2.05, 4.69) is 114 Å². The zero-order valence-corrected chi connectivity index (χ0v) is 31.6. The molecule has 5 aromatic rings. The lowest BCUT2D eigenvalue weighted by atomic mass is 9.99. The fourth-order valence-electron chi connectivity index (χ4n) is 8.47. The number of allylic oxidation sites excluding steroid dienone is 4. The number of pyridine rings is 2. The van der Waals surface area contributed by atoms with Crippen molar-refractivity contribution in [1.82, 2.24) is 29.9 Å². The van der Waals surface area contributed by atoms with E-state index in [1.165, 1.54) is 44.5 Å². The Bertz CT molecular complexity index is 2250. The molecule has 0 saturated carbocycles. The fourth-order valence-corrected chi connectivity index (χ4v) is 8.47. The van der Waals surface area contributed by atoms with Crippen molar-refractivity contribution in [3.63, 3.8) is 0 Å². The summed E-state index contributed by atoms with van der Waals surface area (Å²) in [6, 6.07) is 17.3. The number of nitrogens with zero attached hydrogens (tertiary/aromatic N) is 4. The quantitative estimate of drug-likeness (QED) is 0.170. The molecule has 0 atom stereocenters. The fraction of sp³-hybridized carbons (Fsp3) is 0.364. The summed E-state index contributed by atoms with van der Waals surface area (Å²) in [6.07, 6.45) is 7.28. The Kier molecular flexibility index (Phi) is 10.4. The summed E-state index contributed by atoms with van der Waals surface area (Å²) >= 11 is 0. The van der Waals surface area contributed by atoms with Gasteiger partial charge in [-0.3, -0.25) is 0 Å². The van der Waals surface area contributed by atoms with E-state index >= 15 is 0 Å². The second-order valence-electron chi connectivity index (χ2n) is 13.3. The number of aryl methyl sites for hydroxylation is 4. The van der Waals surface area contributed by atoms with Gasteiger partial charge in [0.1, 0.15) is 0 Å². The van der Waals surface area contributed by atoms with Crippen LogP contribution in [-0.2, 0) is 25.7 Å². The van der Waals surface area contributed by atoms with E-state index in [4.69, 9.17) is 19.9 Å². The lowest BCUT2D eigenvalue weighted by molar-refractivity contribution is 0.824. The number of nitrogens with one attached hydrogen (secondary N) is 2. The molecule has 7 nitrogen and oxygen atoms in total. The normalized spacial score (nSPS) is 13.0. The van der Waals surface area contributed by atoms with Gasteiger partial charge in [0, 0.05) is 11.0 Å². The molecule has 2 aliphatic heterocycles. The smallest absolute Gasteiger partial charge is 0.0929 e. The molecular weight excluding hydrogens is 629 g/mol. The molecule has 5 aromatic heterocycles. The molecule has 0 saturated heterocycles. The first kappa shape index (κ1) is 35.9. The summed E-state index contributed by atoms with van der Waals surface area (Å²) < 4.78 is 0. The van der Waals surface area contributed by atoms with Crippen LogP contribution in [0.4, 0.5) is 0 Å². The van der Waals surface area contributed by atoms with Crippen molar-refractivity contribution in [3.05, 3.63) is 93.6 Å². The minimum atomic E-state index is 0. The highest BCUT2D eigenvalue weighted by Gasteiger charge is 2.23. The minimum Gasteiger partial charge on any atom is -0.412 e. The molecule has 0 spiro atoms. The summed E-state index contributed by atoms with van der Waals surface area (Å²) in [7, 11) is 0. The first-order valence-corrected chi connectivity index (χ1v) is 18.9. The van der Waals surface area contributed by atoms with Crippen molar-refractivity contribution in [2.75, 3.05) is 0 Å². The minimum absolute atomic E-state index is 0. The molecule has 4 N–H and O–H groups in total. The Hall–Kier alpha value is -4.88. The molecule has 0 unspecified atom stereocenters. The summed E-state index contributed by atoms with van der Waals surface area (Å²) in [6.45, 7) is 17.9. The first-order chi connectivity index (χ1) is 24.4. The topological polar surface area (TPSA) is 115 Å². The Morgan fingerprint density at radius 3 is 1.10 bits per heavy atom. The molecule has 51 heavy (non-hydrogen) atoms. The number of rotatable bonds is 8. The van der Waals surface area contributed by atoms with Gasteiger partial charge >= 0.3 is 0 Å². The van der Waals surface area contributed by atoms with Gasteiger partial charge in [-0.05, 0) is 132 Å². The van der Waals surface area contributed by atoms with Crippen LogP contribution in [0.3, 0.4) is 0 Å². The maximum absolute atomic E-state index is 5.37. The molecule has 7 heterocycles. The van der Waals surface area contributed by atoms with E-state index in [0.717, 1.165) is 118 Å². The summed E-state index contributed by atoms with van der Waals surface area (Å²) in [5.41, 5.74) is 22.7. The number of hydrogen-bond donors (Lipinski definition) is 2. The molecule has 0 amide bonds. The van der Waals surface area contributed by atoms with Gasteiger partial charge in [0.15, 0.2) is 0 Å². The molecule has 0 fully saturated rings. The second kappa shape index (κ2) is 14.8. The maximum Gasteiger partial charge on any atom is 0.0929 e. The zero-order valence-electron chi connectivity index (χ0n) is 31.6. The van der Waals surface area contributed by atoms with Crippen LogP contribution in [0, 0.1) is 0 Å². The summed E-state index contributed by atoms with van der Waals surface area (Å²) in [4.78, 5) is 29.1. The standard InChI is InChI=1S/C44H50N6.H2O/c1-9-25-29(13-5)41-33-19-17-20-34(45-33)43-31(15-7)27(11-3)39(49-43)24-40-28(12-4)32(16-8)44(50-40)36-22-18-21-35(46-36)42-30(14-6)26(10-2)38(48-42)23-37(25)47-41;/h17-24,47,50H,9-16H2,1-8H3;1H2. The van der Waals surface area contributed by atoms with E-state index in [9.17, 15) is 0 Å². The van der Waals surface area contributed by atoms with Crippen LogP contribution < -0.4 is 0 Å². The highest BCUT2D eigenvalue weighted by atomic mass is 16.0. The average molecular weight is 681 g/mol. The van der Waals surface area contributed by atoms with Crippen LogP contribution >= 0.6 is 0 Å². The highest BCUT2D eigenvalue weighted by molar-refractivity contribution is 5.99. The summed E-state index contributed by atoms with van der Waals surface area (Å²) in [5, 5.41) is 0. The van der Waals surface area contributed by atoms with Crippen molar-refractivity contribution in [1.29, 1.82) is 0 Å². The van der Waals surface area contributed by atoms with Gasteiger partial charge in [-0.15, -0.1) is 0 Å². The zero-order chi connectivity index (χ0) is 35.1. The van der Waals surface area contributed by atoms with Crippen LogP contribution in [0.5, 0.6) is 0 Å². The lowest BCUT2D eigenvalue weighted by Gasteiger charge is -2.04. The number of fused-ring (bicyclic) bond motifs is 16. The Morgan fingerprint density at radius 2 is 0.765 bits per heavy atom. The number of hydrogen-bond acceptors (Lipinski definition) is 4. The SMILES string of the molecule is CCC1=C(CC)c2nc1cc1[nH]c(c(CC)c1CC)c1cccc(n1)c1nc(cc3[nH]c(c(CC)c3CC)c3cccc2n3)C(CC)=C1CC.O. The van der Waals surface area contributed by atoms with Crippen LogP contribution in [0.2, 0.25) is 0 Å². The van der Waals surface area contributed by atoms with E-state index in [1.807, 2.05) is 0 Å². The molecular formula is C44H52N6O. The third kappa shape index (κ3) is 5.91. The maximum atomic E-state index is 5.37. The van der Waals surface area contributed by atoms with Gasteiger partial charge in [0.2, 0.25) is 0 Å². The van der Waals surface area contributed by atoms with Crippen LogP contribution in [0.15, 0.2) is 48.5 Å². The predicted molar refractivity (Wildman–Crippen MR) is 216 cm³/mol. The Balaban J connectivity index is 0.00000448. The molecule has 12 bridgehead atoms. The van der Waals surface area contributed by atoms with Crippen LogP contribution in [-0.4, -0.2) is 35.4 Å². The van der Waals surface area contributed by atoms with Crippen molar-refractivity contribution >= 4 is 66.4 Å². The highest BCUT2D eigenvalue weighted by Crippen LogP contribution is 2.39. The van der Waals surface area contributed by atoms with Crippen molar-refractivity contribution in [2.45, 2.75) is 107 Å². The molecule has 2 aliphatic rings. The molecule has 7 heteroatoms. The van der Waals surface area contributed by atoms with Crippen LogP contribution in [0.25, 0.3) is 66.4 Å². The largest absolute Gasteiger partial charge is 0.412 e. The molecule has 0 aromatic carbocycles. The number of H-pyrrole nitrogens is 2. The average Bonchev–Trinajstić information content (AvgIpc) is 3.90. The van der Waals surface area contributed by atoms with E-state index < -0.39 is 0 Å². The lowest BCUT2D eigenvalue weighted by Crippen LogP contribution is -1.89. The monoisotopic (exact) mass is 680 g/mol. The van der Waals surface area contributed by atoms with Crippen molar-refractivity contribution in [2.24, 2.45) is 0 Å². The van der Waals surface area contributed by atoms with E-state index in [1.54, 1.807) is 0 Å². The molecule has 0 radical (unpaired) electrons. The molecule has 7 rings (SSSR count). The van der Waals surface area contributed by atoms with Gasteiger partial charge in [-0.1, -0.05) is 67.5 Å². The molecule has 264 valence electrons. The van der Waals surface area contributed by atoms with E-state index in [-0.39, 0.29) is 5.48 Å². The van der Waals surface area contributed by atoms with Crippen LogP contribution in [0.1, 0.15) is 126 Å². The van der Waals surface area contributed by atoms with Gasteiger partial charge in [0.25, 0.3) is 0 Å². The van der Waals surface area contributed by atoms with Gasteiger partial charge < -0.3 is 15.4 Å².